The number of ether oxygens (including phenoxy) is 1. The molecule has 0 bridgehead atoms. The Labute approximate surface area is 229 Å². The molecule has 0 unspecified atom stereocenters. The van der Waals surface area contributed by atoms with Crippen LogP contribution < -0.4 is 10.1 Å². The SMILES string of the molecule is COc1cc2ncc(-c3cc(C(=O)N[C@H](C)c4ccccn4)n(CC(F)(F)CO)n3)n2cc1S(=O)(=O)C(C)(C)C. The van der Waals surface area contributed by atoms with E-state index in [9.17, 15) is 22.0 Å². The average Bonchev–Trinajstić information content (AvgIpc) is 3.51. The number of rotatable bonds is 9. The van der Waals surface area contributed by atoms with Crippen molar-refractivity contribution in [1.29, 1.82) is 0 Å². The average molecular weight is 577 g/mol. The molecule has 0 aliphatic carbocycles. The number of fused-ring (bicyclic) bond motifs is 1. The maximum absolute atomic E-state index is 14.2. The van der Waals surface area contributed by atoms with E-state index in [4.69, 9.17) is 9.84 Å². The second-order valence-electron chi connectivity index (χ2n) is 10.2. The van der Waals surface area contributed by atoms with E-state index in [2.05, 4.69) is 20.4 Å². The molecule has 1 amide bonds. The quantitative estimate of drug-likeness (QED) is 0.309. The summed E-state index contributed by atoms with van der Waals surface area (Å²) in [6.45, 7) is 3.84. The van der Waals surface area contributed by atoms with Gasteiger partial charge in [0.1, 0.15) is 40.8 Å². The highest BCUT2D eigenvalue weighted by molar-refractivity contribution is 7.92. The Morgan fingerprint density at radius 1 is 1.20 bits per heavy atom. The third-order valence-corrected chi connectivity index (χ3v) is 8.75. The molecule has 14 heteroatoms. The Hall–Kier alpha value is -3.91. The third kappa shape index (κ3) is 5.54. The molecule has 214 valence electrons. The highest BCUT2D eigenvalue weighted by Crippen LogP contribution is 2.34. The molecule has 4 aromatic rings. The van der Waals surface area contributed by atoms with Crippen LogP contribution >= 0.6 is 0 Å². The number of pyridine rings is 2. The fourth-order valence-corrected chi connectivity index (χ4v) is 5.27. The molecule has 0 saturated carbocycles. The number of halogens is 2. The first-order chi connectivity index (χ1) is 18.7. The van der Waals surface area contributed by atoms with Gasteiger partial charge in [0.05, 0.1) is 35.5 Å². The highest BCUT2D eigenvalue weighted by atomic mass is 32.2. The van der Waals surface area contributed by atoms with Crippen molar-refractivity contribution in [3.63, 3.8) is 0 Å². The number of hydrogen-bond donors (Lipinski definition) is 2. The molecule has 0 fully saturated rings. The summed E-state index contributed by atoms with van der Waals surface area (Å²) in [6.07, 6.45) is 4.29. The van der Waals surface area contributed by atoms with Crippen LogP contribution in [0, 0.1) is 0 Å². The fraction of sp³-hybridized carbons (Fsp3) is 0.385. The maximum atomic E-state index is 14.2. The van der Waals surface area contributed by atoms with Gasteiger partial charge < -0.3 is 15.2 Å². The van der Waals surface area contributed by atoms with Gasteiger partial charge in [-0.1, -0.05) is 6.07 Å². The normalized spacial score (nSPS) is 13.4. The van der Waals surface area contributed by atoms with Crippen molar-refractivity contribution in [1.82, 2.24) is 29.5 Å². The molecule has 4 heterocycles. The smallest absolute Gasteiger partial charge is 0.289 e. The van der Waals surface area contributed by atoms with Gasteiger partial charge in [0.15, 0.2) is 9.84 Å². The van der Waals surface area contributed by atoms with Gasteiger partial charge in [-0.05, 0) is 45.9 Å². The lowest BCUT2D eigenvalue weighted by atomic mass is 10.2. The Balaban J connectivity index is 1.83. The number of carbonyl (C=O) groups excluding carboxylic acids is 1. The summed E-state index contributed by atoms with van der Waals surface area (Å²) in [5, 5.41) is 16.1. The lowest BCUT2D eigenvalue weighted by Gasteiger charge is -2.21. The molecule has 40 heavy (non-hydrogen) atoms. The predicted molar refractivity (Wildman–Crippen MR) is 142 cm³/mol. The third-order valence-electron chi connectivity index (χ3n) is 6.26. The molecule has 4 rings (SSSR count). The number of aliphatic hydroxyl groups excluding tert-OH is 1. The van der Waals surface area contributed by atoms with Crippen molar-refractivity contribution in [2.24, 2.45) is 0 Å². The number of hydrogen-bond acceptors (Lipinski definition) is 8. The number of imidazole rings is 1. The summed E-state index contributed by atoms with van der Waals surface area (Å²) in [5.41, 5.74) is 1.01. The highest BCUT2D eigenvalue weighted by Gasteiger charge is 2.35. The number of nitrogens with zero attached hydrogens (tertiary/aromatic N) is 5. The van der Waals surface area contributed by atoms with E-state index in [1.54, 1.807) is 52.1 Å². The van der Waals surface area contributed by atoms with Gasteiger partial charge in [0, 0.05) is 18.5 Å². The van der Waals surface area contributed by atoms with E-state index in [-0.39, 0.29) is 27.7 Å². The minimum Gasteiger partial charge on any atom is -0.495 e. The second-order valence-corrected chi connectivity index (χ2v) is 12.9. The molecule has 1 atom stereocenters. The molecule has 4 aromatic heterocycles. The molecule has 0 aromatic carbocycles. The number of methoxy groups -OCH3 is 1. The van der Waals surface area contributed by atoms with Crippen LogP contribution in [0.1, 0.15) is 49.9 Å². The summed E-state index contributed by atoms with van der Waals surface area (Å²) in [6, 6.07) is 7.39. The van der Waals surface area contributed by atoms with Crippen molar-refractivity contribution in [3.8, 4) is 17.1 Å². The van der Waals surface area contributed by atoms with Gasteiger partial charge in [0.25, 0.3) is 11.8 Å². The van der Waals surface area contributed by atoms with Gasteiger partial charge in [0.2, 0.25) is 0 Å². The van der Waals surface area contributed by atoms with Crippen LogP contribution in [0.5, 0.6) is 5.75 Å². The molecule has 0 spiro atoms. The van der Waals surface area contributed by atoms with Crippen molar-refractivity contribution < 1.29 is 31.8 Å². The van der Waals surface area contributed by atoms with Gasteiger partial charge in [-0.3, -0.25) is 18.9 Å². The summed E-state index contributed by atoms with van der Waals surface area (Å²) >= 11 is 0. The molecule has 11 nitrogen and oxygen atoms in total. The molecule has 0 radical (unpaired) electrons. The first-order valence-electron chi connectivity index (χ1n) is 12.3. The van der Waals surface area contributed by atoms with Crippen molar-refractivity contribution >= 4 is 21.4 Å². The van der Waals surface area contributed by atoms with E-state index in [1.807, 2.05) is 0 Å². The van der Waals surface area contributed by atoms with Crippen molar-refractivity contribution in [3.05, 3.63) is 60.3 Å². The van der Waals surface area contributed by atoms with E-state index < -0.39 is 45.6 Å². The zero-order valence-corrected chi connectivity index (χ0v) is 23.4. The number of aromatic nitrogens is 5. The number of aliphatic hydroxyl groups is 1. The van der Waals surface area contributed by atoms with Crippen LogP contribution in [-0.2, 0) is 16.4 Å². The largest absolute Gasteiger partial charge is 0.495 e. The number of sulfone groups is 1. The zero-order valence-electron chi connectivity index (χ0n) is 22.6. The Morgan fingerprint density at radius 2 is 1.93 bits per heavy atom. The minimum absolute atomic E-state index is 0.0844. The van der Waals surface area contributed by atoms with Crippen molar-refractivity contribution in [2.45, 2.75) is 55.8 Å². The molecule has 2 N–H and O–H groups in total. The van der Waals surface area contributed by atoms with Crippen LogP contribution in [0.3, 0.4) is 0 Å². The van der Waals surface area contributed by atoms with E-state index in [0.29, 0.717) is 11.3 Å². The lowest BCUT2D eigenvalue weighted by Crippen LogP contribution is -2.33. The summed E-state index contributed by atoms with van der Waals surface area (Å²) < 4.78 is 61.5. The zero-order chi connectivity index (χ0) is 29.5. The van der Waals surface area contributed by atoms with Crippen LogP contribution in [0.2, 0.25) is 0 Å². The summed E-state index contributed by atoms with van der Waals surface area (Å²) in [5.74, 6) is -4.17. The van der Waals surface area contributed by atoms with E-state index in [0.717, 1.165) is 4.68 Å². The van der Waals surface area contributed by atoms with Gasteiger partial charge in [-0.25, -0.2) is 22.2 Å². The Kier molecular flexibility index (Phi) is 7.69. The number of nitrogens with one attached hydrogen (secondary N) is 1. The van der Waals surface area contributed by atoms with Crippen LogP contribution in [0.15, 0.2) is 53.8 Å². The van der Waals surface area contributed by atoms with Crippen LogP contribution in [0.25, 0.3) is 17.0 Å². The number of amides is 1. The topological polar surface area (TPSA) is 141 Å². The summed E-state index contributed by atoms with van der Waals surface area (Å²) in [7, 11) is -2.52. The first-order valence-corrected chi connectivity index (χ1v) is 13.8. The Morgan fingerprint density at radius 3 is 2.52 bits per heavy atom. The van der Waals surface area contributed by atoms with Crippen molar-refractivity contribution in [2.75, 3.05) is 13.7 Å². The van der Waals surface area contributed by atoms with Crippen LogP contribution in [-0.4, -0.2) is 68.0 Å². The molecule has 0 aliphatic rings. The van der Waals surface area contributed by atoms with E-state index in [1.165, 1.54) is 36.0 Å². The fourth-order valence-electron chi connectivity index (χ4n) is 3.96. The molecular formula is C26H30F2N6O5S. The minimum atomic E-state index is -3.87. The molecule has 0 saturated heterocycles. The van der Waals surface area contributed by atoms with E-state index >= 15 is 0 Å². The number of alkyl halides is 2. The lowest BCUT2D eigenvalue weighted by molar-refractivity contribution is -0.0654. The maximum Gasteiger partial charge on any atom is 0.289 e. The van der Waals surface area contributed by atoms with Gasteiger partial charge >= 0.3 is 0 Å². The summed E-state index contributed by atoms with van der Waals surface area (Å²) in [4.78, 5) is 21.6. The predicted octanol–water partition coefficient (Wildman–Crippen LogP) is 3.29. The first kappa shape index (κ1) is 29.1. The molecule has 0 aliphatic heterocycles. The standard InChI is InChI=1S/C26H30F2N6O5S/c1-16(17-8-6-7-9-29-17)31-24(36)19-10-18(32-34(19)14-26(27,28)15-35)20-12-30-23-11-21(39-5)22(13-33(20)23)40(37,38)25(2,3)4/h6-13,16,35H,14-15H2,1-5H3,(H,31,36)/t16-/m1/s1. The second kappa shape index (κ2) is 10.6. The van der Waals surface area contributed by atoms with Crippen LogP contribution in [0.4, 0.5) is 8.78 Å². The Bertz CT molecular complexity index is 1650. The van der Waals surface area contributed by atoms with Gasteiger partial charge in [-0.2, -0.15) is 5.10 Å². The monoisotopic (exact) mass is 576 g/mol. The van der Waals surface area contributed by atoms with Gasteiger partial charge in [-0.15, -0.1) is 0 Å². The number of carbonyl (C=O) groups is 1. The molecular weight excluding hydrogens is 546 g/mol.